The number of benzene rings is 1. The molecule has 0 radical (unpaired) electrons. The van der Waals surface area contributed by atoms with Crippen LogP contribution in [0, 0.1) is 17.2 Å². The van der Waals surface area contributed by atoms with E-state index in [4.69, 9.17) is 11.6 Å². The lowest BCUT2D eigenvalue weighted by molar-refractivity contribution is -0.138. The Balaban J connectivity index is 2.44. The van der Waals surface area contributed by atoms with E-state index in [0.717, 1.165) is 6.07 Å². The zero-order valence-electron chi connectivity index (χ0n) is 9.47. The van der Waals surface area contributed by atoms with Crippen LogP contribution >= 0.6 is 11.6 Å². The lowest BCUT2D eigenvalue weighted by Crippen LogP contribution is -2.17. The molecular formula is C13H11ClF3N. The Morgan fingerprint density at radius 2 is 2.06 bits per heavy atom. The summed E-state index contributed by atoms with van der Waals surface area (Å²) in [6.45, 7) is 0. The minimum absolute atomic E-state index is 0.0662. The molecule has 0 N–H and O–H groups in total. The van der Waals surface area contributed by atoms with Gasteiger partial charge in [0.2, 0.25) is 0 Å². The molecule has 1 aliphatic carbocycles. The number of hydrogen-bond acceptors (Lipinski definition) is 1. The number of halogens is 4. The van der Waals surface area contributed by atoms with Crippen LogP contribution in [0.1, 0.15) is 24.0 Å². The zero-order valence-corrected chi connectivity index (χ0v) is 10.2. The maximum absolute atomic E-state index is 12.9. The minimum atomic E-state index is -4.42. The molecule has 0 spiro atoms. The third-order valence-corrected chi connectivity index (χ3v) is 3.69. The predicted molar refractivity (Wildman–Crippen MR) is 62.2 cm³/mol. The van der Waals surface area contributed by atoms with Crippen molar-refractivity contribution >= 4 is 11.6 Å². The molecule has 1 saturated carbocycles. The van der Waals surface area contributed by atoms with Gasteiger partial charge in [0, 0.05) is 5.88 Å². The van der Waals surface area contributed by atoms with E-state index >= 15 is 0 Å². The average Bonchev–Trinajstić information content (AvgIpc) is 3.03. The first kappa shape index (κ1) is 13.2. The summed E-state index contributed by atoms with van der Waals surface area (Å²) in [5.41, 5.74) is -1.61. The predicted octanol–water partition coefficient (Wildman–Crippen LogP) is 4.12. The van der Waals surface area contributed by atoms with Gasteiger partial charge in [0.05, 0.1) is 17.0 Å². The number of hydrogen-bond donors (Lipinski definition) is 0. The molecular weight excluding hydrogens is 263 g/mol. The quantitative estimate of drug-likeness (QED) is 0.760. The molecule has 5 heteroatoms. The molecule has 1 aromatic carbocycles. The number of nitrogens with zero attached hydrogens (tertiary/aromatic N) is 1. The van der Waals surface area contributed by atoms with Crippen LogP contribution in [-0.4, -0.2) is 5.88 Å². The second-order valence-corrected chi connectivity index (χ2v) is 4.88. The van der Waals surface area contributed by atoms with Crippen molar-refractivity contribution in [2.75, 3.05) is 5.88 Å². The standard InChI is InChI=1S/C13H11ClF3N/c14-6-5-9-7-12(9,8-18)10-3-1-2-4-11(10)13(15,16)17/h1-4,9H,5-7H2/t9-,12?/m1/s1. The molecule has 1 aliphatic rings. The summed E-state index contributed by atoms with van der Waals surface area (Å²) in [7, 11) is 0. The molecule has 2 atom stereocenters. The average molecular weight is 274 g/mol. The zero-order chi connectivity index (χ0) is 13.4. The van der Waals surface area contributed by atoms with Gasteiger partial charge < -0.3 is 0 Å². The Hall–Kier alpha value is -1.21. The van der Waals surface area contributed by atoms with E-state index in [9.17, 15) is 18.4 Å². The van der Waals surface area contributed by atoms with E-state index in [1.807, 2.05) is 0 Å². The SMILES string of the molecule is N#CC1(c2ccccc2C(F)(F)F)C[C@H]1CCCl. The topological polar surface area (TPSA) is 23.8 Å². The van der Waals surface area contributed by atoms with E-state index in [2.05, 4.69) is 6.07 Å². The molecule has 0 amide bonds. The molecule has 1 aromatic rings. The summed E-state index contributed by atoms with van der Waals surface area (Å²) < 4.78 is 38.8. The van der Waals surface area contributed by atoms with E-state index in [1.54, 1.807) is 6.07 Å². The summed E-state index contributed by atoms with van der Waals surface area (Å²) in [4.78, 5) is 0. The van der Waals surface area contributed by atoms with Gasteiger partial charge >= 0.3 is 6.18 Å². The maximum Gasteiger partial charge on any atom is 0.416 e. The second kappa shape index (κ2) is 4.47. The molecule has 0 aromatic heterocycles. The first-order chi connectivity index (χ1) is 8.45. The summed E-state index contributed by atoms with van der Waals surface area (Å²) in [6, 6.07) is 7.38. The molecule has 0 bridgehead atoms. The number of nitriles is 1. The van der Waals surface area contributed by atoms with Crippen molar-refractivity contribution in [1.29, 1.82) is 5.26 Å². The lowest BCUT2D eigenvalue weighted by atomic mass is 9.89. The van der Waals surface area contributed by atoms with Crippen molar-refractivity contribution in [1.82, 2.24) is 0 Å². The van der Waals surface area contributed by atoms with Gasteiger partial charge in [-0.05, 0) is 30.4 Å². The third-order valence-electron chi connectivity index (χ3n) is 3.48. The highest BCUT2D eigenvalue weighted by Crippen LogP contribution is 2.57. The smallest absolute Gasteiger partial charge is 0.197 e. The van der Waals surface area contributed by atoms with Crippen molar-refractivity contribution in [3.05, 3.63) is 35.4 Å². The van der Waals surface area contributed by atoms with Gasteiger partial charge in [-0.3, -0.25) is 0 Å². The Bertz CT molecular complexity index is 492. The molecule has 1 fully saturated rings. The normalized spacial score (nSPS) is 26.7. The van der Waals surface area contributed by atoms with Crippen molar-refractivity contribution in [3.63, 3.8) is 0 Å². The molecule has 0 aliphatic heterocycles. The largest absolute Gasteiger partial charge is 0.416 e. The maximum atomic E-state index is 12.9. The van der Waals surface area contributed by atoms with E-state index in [0.29, 0.717) is 18.7 Å². The third kappa shape index (κ3) is 2.08. The van der Waals surface area contributed by atoms with Gasteiger partial charge in [0.25, 0.3) is 0 Å². The van der Waals surface area contributed by atoms with Gasteiger partial charge in [-0.25, -0.2) is 0 Å². The van der Waals surface area contributed by atoms with Crippen molar-refractivity contribution in [2.45, 2.75) is 24.4 Å². The summed E-state index contributed by atoms with van der Waals surface area (Å²) in [6.07, 6.45) is -3.39. The van der Waals surface area contributed by atoms with Gasteiger partial charge in [-0.2, -0.15) is 18.4 Å². The van der Waals surface area contributed by atoms with Crippen LogP contribution in [0.4, 0.5) is 13.2 Å². The summed E-state index contributed by atoms with van der Waals surface area (Å²) in [5, 5.41) is 9.24. The molecule has 0 saturated heterocycles. The molecule has 0 heterocycles. The van der Waals surface area contributed by atoms with Gasteiger partial charge in [0.1, 0.15) is 0 Å². The van der Waals surface area contributed by atoms with Crippen molar-refractivity contribution in [3.8, 4) is 6.07 Å². The minimum Gasteiger partial charge on any atom is -0.197 e. The Kier molecular flexibility index (Phi) is 3.29. The highest BCUT2D eigenvalue weighted by molar-refractivity contribution is 6.17. The van der Waals surface area contributed by atoms with Crippen molar-refractivity contribution < 1.29 is 13.2 Å². The van der Waals surface area contributed by atoms with E-state index in [-0.39, 0.29) is 11.5 Å². The molecule has 1 unspecified atom stereocenters. The second-order valence-electron chi connectivity index (χ2n) is 4.51. The Labute approximate surface area is 108 Å². The van der Waals surface area contributed by atoms with Crippen LogP contribution in [0.2, 0.25) is 0 Å². The number of alkyl halides is 4. The van der Waals surface area contributed by atoms with Crippen LogP contribution < -0.4 is 0 Å². The Morgan fingerprint density at radius 1 is 1.39 bits per heavy atom. The highest BCUT2D eigenvalue weighted by Gasteiger charge is 2.58. The van der Waals surface area contributed by atoms with Crippen LogP contribution in [0.25, 0.3) is 0 Å². The molecule has 2 rings (SSSR count). The Morgan fingerprint density at radius 3 is 2.61 bits per heavy atom. The van der Waals surface area contributed by atoms with E-state index < -0.39 is 17.2 Å². The molecule has 18 heavy (non-hydrogen) atoms. The lowest BCUT2D eigenvalue weighted by Gasteiger charge is -2.16. The fourth-order valence-corrected chi connectivity index (χ4v) is 2.72. The monoisotopic (exact) mass is 273 g/mol. The van der Waals surface area contributed by atoms with Gasteiger partial charge in [-0.1, -0.05) is 18.2 Å². The van der Waals surface area contributed by atoms with Crippen molar-refractivity contribution in [2.24, 2.45) is 5.92 Å². The first-order valence-electron chi connectivity index (χ1n) is 5.59. The van der Waals surface area contributed by atoms with Gasteiger partial charge in [0.15, 0.2) is 0 Å². The highest BCUT2D eigenvalue weighted by atomic mass is 35.5. The molecule has 96 valence electrons. The van der Waals surface area contributed by atoms with Crippen LogP contribution in [-0.2, 0) is 11.6 Å². The summed E-state index contributed by atoms with van der Waals surface area (Å²) in [5.74, 6) is 0.297. The summed E-state index contributed by atoms with van der Waals surface area (Å²) >= 11 is 5.61. The number of rotatable bonds is 3. The van der Waals surface area contributed by atoms with Crippen LogP contribution in [0.3, 0.4) is 0 Å². The van der Waals surface area contributed by atoms with Crippen LogP contribution in [0.5, 0.6) is 0 Å². The fourth-order valence-electron chi connectivity index (χ4n) is 2.46. The van der Waals surface area contributed by atoms with Gasteiger partial charge in [-0.15, -0.1) is 11.6 Å². The van der Waals surface area contributed by atoms with Crippen LogP contribution in [0.15, 0.2) is 24.3 Å². The fraction of sp³-hybridized carbons (Fsp3) is 0.462. The first-order valence-corrected chi connectivity index (χ1v) is 6.13. The van der Waals surface area contributed by atoms with E-state index in [1.165, 1.54) is 12.1 Å². The molecule has 1 nitrogen and oxygen atoms in total.